The zero-order valence-corrected chi connectivity index (χ0v) is 9.29. The first kappa shape index (κ1) is 11.0. The molecule has 0 bridgehead atoms. The van der Waals surface area contributed by atoms with Crippen molar-refractivity contribution in [1.82, 2.24) is 0 Å². The van der Waals surface area contributed by atoms with E-state index in [9.17, 15) is 5.11 Å². The predicted molar refractivity (Wildman–Crippen MR) is 56.6 cm³/mol. The molecular weight excluding hydrogens is 160 g/mol. The van der Waals surface area contributed by atoms with Crippen LogP contribution in [0.4, 0.5) is 0 Å². The Labute approximate surface area is 82.5 Å². The van der Waals surface area contributed by atoms with Gasteiger partial charge in [-0.1, -0.05) is 27.2 Å². The molecule has 0 amide bonds. The van der Waals surface area contributed by atoms with Gasteiger partial charge in [0, 0.05) is 0 Å². The Morgan fingerprint density at radius 3 is 2.46 bits per heavy atom. The summed E-state index contributed by atoms with van der Waals surface area (Å²) >= 11 is 0. The lowest BCUT2D eigenvalue weighted by Crippen LogP contribution is -2.29. The van der Waals surface area contributed by atoms with Crippen molar-refractivity contribution >= 4 is 0 Å². The van der Waals surface area contributed by atoms with Gasteiger partial charge in [0.15, 0.2) is 0 Å². The molecular formula is C12H24O. The first-order valence-corrected chi connectivity index (χ1v) is 5.81. The summed E-state index contributed by atoms with van der Waals surface area (Å²) in [7, 11) is 0. The molecule has 0 spiro atoms. The van der Waals surface area contributed by atoms with Gasteiger partial charge >= 0.3 is 0 Å². The second-order valence-corrected chi connectivity index (χ2v) is 5.04. The second-order valence-electron chi connectivity index (χ2n) is 5.04. The molecule has 78 valence electrons. The monoisotopic (exact) mass is 184 g/mol. The Morgan fingerprint density at radius 2 is 2.00 bits per heavy atom. The largest absolute Gasteiger partial charge is 0.393 e. The molecule has 0 aromatic heterocycles. The molecule has 1 aliphatic rings. The molecule has 0 radical (unpaired) electrons. The van der Waals surface area contributed by atoms with E-state index in [0.717, 1.165) is 24.7 Å². The molecule has 1 saturated carbocycles. The number of hydrogen-bond donors (Lipinski definition) is 1. The minimum atomic E-state index is -0.0116. The van der Waals surface area contributed by atoms with Crippen molar-refractivity contribution in [2.75, 3.05) is 0 Å². The van der Waals surface area contributed by atoms with Gasteiger partial charge in [0.25, 0.3) is 0 Å². The number of aliphatic hydroxyl groups is 1. The standard InChI is InChI=1S/C12H24O/c1-4-11-6-5-10(7-9(2)3)8-12(11)13/h9-13H,4-8H2,1-3H3. The zero-order valence-electron chi connectivity index (χ0n) is 9.29. The van der Waals surface area contributed by atoms with E-state index >= 15 is 0 Å². The van der Waals surface area contributed by atoms with Crippen LogP contribution in [0.25, 0.3) is 0 Å². The first-order valence-electron chi connectivity index (χ1n) is 5.81. The molecule has 0 heterocycles. The highest BCUT2D eigenvalue weighted by atomic mass is 16.3. The topological polar surface area (TPSA) is 20.2 Å². The molecule has 1 nitrogen and oxygen atoms in total. The van der Waals surface area contributed by atoms with Crippen LogP contribution in [0.2, 0.25) is 0 Å². The third-order valence-corrected chi connectivity index (χ3v) is 3.39. The van der Waals surface area contributed by atoms with Crippen LogP contribution >= 0.6 is 0 Å². The maximum atomic E-state index is 9.85. The molecule has 1 N–H and O–H groups in total. The third-order valence-electron chi connectivity index (χ3n) is 3.39. The minimum Gasteiger partial charge on any atom is -0.393 e. The zero-order chi connectivity index (χ0) is 9.84. The van der Waals surface area contributed by atoms with E-state index in [1.807, 2.05) is 0 Å². The SMILES string of the molecule is CCC1CCC(CC(C)C)CC1O. The van der Waals surface area contributed by atoms with Crippen molar-refractivity contribution in [3.05, 3.63) is 0 Å². The molecule has 1 rings (SSSR count). The predicted octanol–water partition coefficient (Wildman–Crippen LogP) is 3.22. The van der Waals surface area contributed by atoms with Gasteiger partial charge in [-0.05, 0) is 43.4 Å². The summed E-state index contributed by atoms with van der Waals surface area (Å²) in [5.74, 6) is 2.16. The Bertz CT molecular complexity index is 142. The van der Waals surface area contributed by atoms with Crippen LogP contribution in [0, 0.1) is 17.8 Å². The summed E-state index contributed by atoms with van der Waals surface area (Å²) in [6.07, 6.45) is 6.07. The highest BCUT2D eigenvalue weighted by Crippen LogP contribution is 2.34. The second kappa shape index (κ2) is 4.99. The van der Waals surface area contributed by atoms with Crippen LogP contribution in [0.1, 0.15) is 52.9 Å². The third kappa shape index (κ3) is 3.30. The normalized spacial score (nSPS) is 35.3. The summed E-state index contributed by atoms with van der Waals surface area (Å²) in [6.45, 7) is 6.74. The van der Waals surface area contributed by atoms with Gasteiger partial charge < -0.3 is 5.11 Å². The molecule has 3 atom stereocenters. The highest BCUT2D eigenvalue weighted by molar-refractivity contribution is 4.79. The van der Waals surface area contributed by atoms with Crippen LogP contribution in [-0.4, -0.2) is 11.2 Å². The minimum absolute atomic E-state index is 0.0116. The fraction of sp³-hybridized carbons (Fsp3) is 1.00. The maximum absolute atomic E-state index is 9.85. The van der Waals surface area contributed by atoms with Crippen molar-refractivity contribution in [3.8, 4) is 0 Å². The molecule has 13 heavy (non-hydrogen) atoms. The Hall–Kier alpha value is -0.0400. The van der Waals surface area contributed by atoms with E-state index < -0.39 is 0 Å². The van der Waals surface area contributed by atoms with E-state index in [1.54, 1.807) is 0 Å². The van der Waals surface area contributed by atoms with Crippen molar-refractivity contribution < 1.29 is 5.11 Å². The van der Waals surface area contributed by atoms with Crippen LogP contribution < -0.4 is 0 Å². The Balaban J connectivity index is 2.32. The van der Waals surface area contributed by atoms with Crippen molar-refractivity contribution in [2.45, 2.75) is 59.0 Å². The molecule has 0 saturated heterocycles. The molecule has 1 aliphatic carbocycles. The average molecular weight is 184 g/mol. The van der Waals surface area contributed by atoms with E-state index in [0.29, 0.717) is 5.92 Å². The summed E-state index contributed by atoms with van der Waals surface area (Å²) in [5, 5.41) is 9.85. The lowest BCUT2D eigenvalue weighted by Gasteiger charge is -2.33. The molecule has 0 aliphatic heterocycles. The Morgan fingerprint density at radius 1 is 1.31 bits per heavy atom. The van der Waals surface area contributed by atoms with Crippen LogP contribution in [0.15, 0.2) is 0 Å². The van der Waals surface area contributed by atoms with E-state index in [2.05, 4.69) is 20.8 Å². The van der Waals surface area contributed by atoms with Gasteiger partial charge in [0.1, 0.15) is 0 Å². The van der Waals surface area contributed by atoms with Gasteiger partial charge in [-0.2, -0.15) is 0 Å². The van der Waals surface area contributed by atoms with Crippen molar-refractivity contribution in [1.29, 1.82) is 0 Å². The van der Waals surface area contributed by atoms with Crippen molar-refractivity contribution in [2.24, 2.45) is 17.8 Å². The number of aliphatic hydroxyl groups excluding tert-OH is 1. The average Bonchev–Trinajstić information content (AvgIpc) is 2.03. The number of hydrogen-bond acceptors (Lipinski definition) is 1. The van der Waals surface area contributed by atoms with E-state index in [4.69, 9.17) is 0 Å². The van der Waals surface area contributed by atoms with Gasteiger partial charge in [-0.15, -0.1) is 0 Å². The van der Waals surface area contributed by atoms with Crippen molar-refractivity contribution in [3.63, 3.8) is 0 Å². The Kier molecular flexibility index (Phi) is 4.24. The molecule has 1 heteroatoms. The highest BCUT2D eigenvalue weighted by Gasteiger charge is 2.27. The summed E-state index contributed by atoms with van der Waals surface area (Å²) < 4.78 is 0. The van der Waals surface area contributed by atoms with Gasteiger partial charge in [-0.3, -0.25) is 0 Å². The molecule has 3 unspecified atom stereocenters. The number of rotatable bonds is 3. The lowest BCUT2D eigenvalue weighted by atomic mass is 9.76. The van der Waals surface area contributed by atoms with Gasteiger partial charge in [0.05, 0.1) is 6.10 Å². The summed E-state index contributed by atoms with van der Waals surface area (Å²) in [5.41, 5.74) is 0. The quantitative estimate of drug-likeness (QED) is 0.714. The van der Waals surface area contributed by atoms with E-state index in [1.165, 1.54) is 19.3 Å². The van der Waals surface area contributed by atoms with Crippen LogP contribution in [0.5, 0.6) is 0 Å². The van der Waals surface area contributed by atoms with Gasteiger partial charge in [0.2, 0.25) is 0 Å². The van der Waals surface area contributed by atoms with Crippen LogP contribution in [0.3, 0.4) is 0 Å². The lowest BCUT2D eigenvalue weighted by molar-refractivity contribution is 0.0380. The molecule has 1 fully saturated rings. The fourth-order valence-electron chi connectivity index (χ4n) is 2.65. The van der Waals surface area contributed by atoms with E-state index in [-0.39, 0.29) is 6.10 Å². The van der Waals surface area contributed by atoms with Gasteiger partial charge in [-0.25, -0.2) is 0 Å². The summed E-state index contributed by atoms with van der Waals surface area (Å²) in [6, 6.07) is 0. The smallest absolute Gasteiger partial charge is 0.0570 e. The fourth-order valence-corrected chi connectivity index (χ4v) is 2.65. The molecule has 0 aromatic carbocycles. The van der Waals surface area contributed by atoms with Crippen LogP contribution in [-0.2, 0) is 0 Å². The summed E-state index contributed by atoms with van der Waals surface area (Å²) in [4.78, 5) is 0. The first-order chi connectivity index (χ1) is 6.13. The maximum Gasteiger partial charge on any atom is 0.0570 e. The molecule has 0 aromatic rings.